The topological polar surface area (TPSA) is 49.6 Å². The largest absolute Gasteiger partial charge is 0.393 e. The summed E-state index contributed by atoms with van der Waals surface area (Å²) in [6.45, 7) is 6.44. The molecule has 0 saturated carbocycles. The van der Waals surface area contributed by atoms with Crippen LogP contribution in [0.4, 0.5) is 4.79 Å². The molecule has 2 N–H and O–H groups in total. The monoisotopic (exact) mass is 243 g/mol. The lowest BCUT2D eigenvalue weighted by Gasteiger charge is -2.31. The lowest BCUT2D eigenvalue weighted by molar-refractivity contribution is 0.150. The maximum Gasteiger partial charge on any atom is 0.320 e. The fourth-order valence-corrected chi connectivity index (χ4v) is 1.99. The van der Waals surface area contributed by atoms with Crippen molar-refractivity contribution in [1.82, 2.24) is 9.80 Å². The van der Waals surface area contributed by atoms with Crippen molar-refractivity contribution >= 4 is 23.2 Å². The summed E-state index contributed by atoms with van der Waals surface area (Å²) in [5.74, 6) is 0. The highest BCUT2D eigenvalue weighted by atomic mass is 32.1. The van der Waals surface area contributed by atoms with E-state index >= 15 is 0 Å². The molecule has 0 atom stereocenters. The number of hydrogen-bond donors (Lipinski definition) is 1. The first kappa shape index (κ1) is 13.2. The smallest absolute Gasteiger partial charge is 0.320 e. The summed E-state index contributed by atoms with van der Waals surface area (Å²) in [5.41, 5.74) is 5.47. The standard InChI is InChI=1S/C11H21N3OS/c1-9(2)14(8-5-10(12)16)11(15)13-6-3-4-7-13/h9H,3-8H2,1-2H3,(H2,12,16). The molecule has 1 rings (SSSR count). The number of carbonyl (C=O) groups excluding carboxylic acids is 1. The molecule has 4 nitrogen and oxygen atoms in total. The highest BCUT2D eigenvalue weighted by molar-refractivity contribution is 7.80. The first-order valence-electron chi connectivity index (χ1n) is 5.86. The van der Waals surface area contributed by atoms with Crippen LogP contribution in [0.15, 0.2) is 0 Å². The molecule has 0 aromatic heterocycles. The van der Waals surface area contributed by atoms with Gasteiger partial charge < -0.3 is 15.5 Å². The molecule has 1 fully saturated rings. The van der Waals surface area contributed by atoms with Crippen LogP contribution in [0.5, 0.6) is 0 Å². The van der Waals surface area contributed by atoms with Crippen LogP contribution in [0.1, 0.15) is 33.1 Å². The lowest BCUT2D eigenvalue weighted by atomic mass is 10.3. The Hall–Kier alpha value is -0.840. The molecule has 0 aliphatic carbocycles. The van der Waals surface area contributed by atoms with Gasteiger partial charge >= 0.3 is 6.03 Å². The van der Waals surface area contributed by atoms with Crippen LogP contribution in [0, 0.1) is 0 Å². The van der Waals surface area contributed by atoms with Gasteiger partial charge in [-0.1, -0.05) is 12.2 Å². The lowest BCUT2D eigenvalue weighted by Crippen LogP contribution is -2.46. The Morgan fingerprint density at radius 1 is 1.44 bits per heavy atom. The van der Waals surface area contributed by atoms with E-state index in [0.29, 0.717) is 18.0 Å². The van der Waals surface area contributed by atoms with Gasteiger partial charge in [-0.05, 0) is 26.7 Å². The summed E-state index contributed by atoms with van der Waals surface area (Å²) in [7, 11) is 0. The molecular weight excluding hydrogens is 222 g/mol. The number of urea groups is 1. The minimum atomic E-state index is 0.128. The zero-order chi connectivity index (χ0) is 12.1. The van der Waals surface area contributed by atoms with E-state index in [1.54, 1.807) is 0 Å². The summed E-state index contributed by atoms with van der Waals surface area (Å²) in [6, 6.07) is 0.325. The van der Waals surface area contributed by atoms with Crippen molar-refractivity contribution in [2.75, 3.05) is 19.6 Å². The maximum atomic E-state index is 12.2. The van der Waals surface area contributed by atoms with E-state index in [4.69, 9.17) is 18.0 Å². The van der Waals surface area contributed by atoms with Crippen LogP contribution in [0.25, 0.3) is 0 Å². The van der Waals surface area contributed by atoms with Crippen LogP contribution < -0.4 is 5.73 Å². The van der Waals surface area contributed by atoms with Crippen molar-refractivity contribution in [3.8, 4) is 0 Å². The molecule has 0 aromatic carbocycles. The number of hydrogen-bond acceptors (Lipinski definition) is 2. The van der Waals surface area contributed by atoms with Gasteiger partial charge in [0, 0.05) is 32.1 Å². The Labute approximate surface area is 103 Å². The van der Waals surface area contributed by atoms with Gasteiger partial charge in [-0.15, -0.1) is 0 Å². The number of carbonyl (C=O) groups is 1. The normalized spacial score (nSPS) is 15.6. The van der Waals surface area contributed by atoms with Gasteiger partial charge in [0.15, 0.2) is 0 Å². The van der Waals surface area contributed by atoms with E-state index in [0.717, 1.165) is 25.9 Å². The van der Waals surface area contributed by atoms with Crippen molar-refractivity contribution in [2.24, 2.45) is 5.73 Å². The Bertz CT molecular complexity index is 262. The number of rotatable bonds is 4. The van der Waals surface area contributed by atoms with Crippen LogP contribution >= 0.6 is 12.2 Å². The summed E-state index contributed by atoms with van der Waals surface area (Å²) >= 11 is 4.85. The molecule has 1 saturated heterocycles. The zero-order valence-corrected chi connectivity index (χ0v) is 10.9. The third kappa shape index (κ3) is 3.63. The van der Waals surface area contributed by atoms with Crippen molar-refractivity contribution in [1.29, 1.82) is 0 Å². The Morgan fingerprint density at radius 2 is 2.00 bits per heavy atom. The molecule has 2 amide bonds. The first-order chi connectivity index (χ1) is 7.52. The highest BCUT2D eigenvalue weighted by Gasteiger charge is 2.25. The van der Waals surface area contributed by atoms with Crippen LogP contribution in [-0.4, -0.2) is 46.5 Å². The minimum absolute atomic E-state index is 0.128. The van der Waals surface area contributed by atoms with E-state index < -0.39 is 0 Å². The molecule has 16 heavy (non-hydrogen) atoms. The van der Waals surface area contributed by atoms with Gasteiger partial charge in [0.05, 0.1) is 4.99 Å². The molecule has 92 valence electrons. The third-order valence-corrected chi connectivity index (χ3v) is 3.05. The van der Waals surface area contributed by atoms with Crippen LogP contribution in [-0.2, 0) is 0 Å². The van der Waals surface area contributed by atoms with Crippen molar-refractivity contribution < 1.29 is 4.79 Å². The highest BCUT2D eigenvalue weighted by Crippen LogP contribution is 2.13. The van der Waals surface area contributed by atoms with Gasteiger partial charge in [-0.3, -0.25) is 0 Å². The minimum Gasteiger partial charge on any atom is -0.393 e. The molecule has 1 heterocycles. The second kappa shape index (κ2) is 6.03. The second-order valence-corrected chi connectivity index (χ2v) is 5.00. The maximum absolute atomic E-state index is 12.2. The van der Waals surface area contributed by atoms with E-state index in [1.165, 1.54) is 0 Å². The SMILES string of the molecule is CC(C)N(CCC(N)=S)C(=O)N1CCCC1. The zero-order valence-electron chi connectivity index (χ0n) is 10.1. The number of nitrogens with zero attached hydrogens (tertiary/aromatic N) is 2. The van der Waals surface area contributed by atoms with Crippen LogP contribution in [0.2, 0.25) is 0 Å². The van der Waals surface area contributed by atoms with E-state index in [-0.39, 0.29) is 12.1 Å². The summed E-state index contributed by atoms with van der Waals surface area (Å²) in [4.78, 5) is 16.4. The van der Waals surface area contributed by atoms with Gasteiger partial charge in [-0.25, -0.2) is 4.79 Å². The Morgan fingerprint density at radius 3 is 2.44 bits per heavy atom. The van der Waals surface area contributed by atoms with E-state index in [1.807, 2.05) is 23.6 Å². The van der Waals surface area contributed by atoms with Gasteiger partial charge in [0.25, 0.3) is 0 Å². The summed E-state index contributed by atoms with van der Waals surface area (Å²) in [5, 5.41) is 0. The van der Waals surface area contributed by atoms with Crippen molar-refractivity contribution in [3.05, 3.63) is 0 Å². The molecule has 0 bridgehead atoms. The van der Waals surface area contributed by atoms with Crippen LogP contribution in [0.3, 0.4) is 0 Å². The molecule has 0 radical (unpaired) electrons. The quantitative estimate of drug-likeness (QED) is 0.763. The molecule has 1 aliphatic heterocycles. The number of nitrogens with two attached hydrogens (primary N) is 1. The predicted molar refractivity (Wildman–Crippen MR) is 69.4 cm³/mol. The van der Waals surface area contributed by atoms with Crippen molar-refractivity contribution in [3.63, 3.8) is 0 Å². The average Bonchev–Trinajstić information content (AvgIpc) is 2.69. The van der Waals surface area contributed by atoms with Crippen molar-refractivity contribution in [2.45, 2.75) is 39.2 Å². The fraction of sp³-hybridized carbons (Fsp3) is 0.818. The molecule has 5 heteroatoms. The number of amides is 2. The molecule has 0 aromatic rings. The predicted octanol–water partition coefficient (Wildman–Crippen LogP) is 1.59. The number of likely N-dealkylation sites (tertiary alicyclic amines) is 1. The molecule has 0 unspecified atom stereocenters. The fourth-order valence-electron chi connectivity index (χ4n) is 1.90. The van der Waals surface area contributed by atoms with E-state index in [9.17, 15) is 4.79 Å². The second-order valence-electron chi connectivity index (χ2n) is 4.48. The Balaban J connectivity index is 2.54. The third-order valence-electron chi connectivity index (χ3n) is 2.84. The molecule has 1 aliphatic rings. The molecule has 0 spiro atoms. The summed E-state index contributed by atoms with van der Waals surface area (Å²) in [6.07, 6.45) is 2.84. The van der Waals surface area contributed by atoms with Gasteiger partial charge in [-0.2, -0.15) is 0 Å². The number of thiocarbonyl (C=S) groups is 1. The molecular formula is C11H21N3OS. The summed E-state index contributed by atoms with van der Waals surface area (Å²) < 4.78 is 0. The van der Waals surface area contributed by atoms with Gasteiger partial charge in [0.1, 0.15) is 0 Å². The van der Waals surface area contributed by atoms with E-state index in [2.05, 4.69) is 0 Å². The average molecular weight is 243 g/mol. The van der Waals surface area contributed by atoms with Gasteiger partial charge in [0.2, 0.25) is 0 Å². The Kier molecular flexibility index (Phi) is 4.99. The first-order valence-corrected chi connectivity index (χ1v) is 6.27.